The summed E-state index contributed by atoms with van der Waals surface area (Å²) in [4.78, 5) is 67.3. The summed E-state index contributed by atoms with van der Waals surface area (Å²) in [7, 11) is 0. The van der Waals surface area contributed by atoms with Gasteiger partial charge in [0.2, 0.25) is 5.91 Å². The molecule has 3 aliphatic rings. The molecule has 2 aromatic carbocycles. The summed E-state index contributed by atoms with van der Waals surface area (Å²) in [5.74, 6) is -0.403. The molecule has 0 radical (unpaired) electrons. The molecule has 2 amide bonds. The van der Waals surface area contributed by atoms with Gasteiger partial charge >= 0.3 is 5.63 Å². The van der Waals surface area contributed by atoms with E-state index >= 15 is 0 Å². The van der Waals surface area contributed by atoms with E-state index in [1.54, 1.807) is 35.5 Å². The highest BCUT2D eigenvalue weighted by atomic mass is 16.4. The van der Waals surface area contributed by atoms with E-state index in [9.17, 15) is 24.3 Å². The maximum Gasteiger partial charge on any atom is 0.349 e. The number of nitrogens with one attached hydrogen (secondary N) is 3. The van der Waals surface area contributed by atoms with Gasteiger partial charge in [0.25, 0.3) is 5.91 Å². The number of hydrogen-bond donors (Lipinski definition) is 4. The van der Waals surface area contributed by atoms with E-state index < -0.39 is 11.5 Å². The number of anilines is 1. The Kier molecular flexibility index (Phi) is 13.2. The van der Waals surface area contributed by atoms with Gasteiger partial charge in [0.15, 0.2) is 5.43 Å². The van der Waals surface area contributed by atoms with E-state index in [-0.39, 0.29) is 35.7 Å². The van der Waals surface area contributed by atoms with E-state index in [2.05, 4.69) is 44.7 Å². The molecule has 63 heavy (non-hydrogen) atoms. The van der Waals surface area contributed by atoms with Crippen molar-refractivity contribution in [2.75, 3.05) is 50.7 Å². The molecule has 324 valence electrons. The van der Waals surface area contributed by atoms with Crippen molar-refractivity contribution in [3.63, 3.8) is 0 Å². The first-order valence-electron chi connectivity index (χ1n) is 21.2. The van der Waals surface area contributed by atoms with Gasteiger partial charge in [0.05, 0.1) is 30.0 Å². The minimum absolute atomic E-state index is 0.0236. The molecule has 1 aliphatic carbocycles. The van der Waals surface area contributed by atoms with E-state index in [1.165, 1.54) is 6.07 Å². The SMILES string of the molecule is CCN(CC)c1ccc2cc(C(=O)N3CCN(CC(=O)NCc4c(O)cc(CNCc5ccccn5)c5cc6c(CNCc7ccccn7)cc(=O)cc-6oc45)CC3)c(=O)oc2c1. The van der Waals surface area contributed by atoms with Gasteiger partial charge in [0.1, 0.15) is 28.2 Å². The molecule has 5 heterocycles. The molecule has 0 bridgehead atoms. The molecule has 8 rings (SSSR count). The first-order valence-corrected chi connectivity index (χ1v) is 21.2. The molecule has 0 saturated carbocycles. The first kappa shape index (κ1) is 42.7. The van der Waals surface area contributed by atoms with Crippen molar-refractivity contribution < 1.29 is 23.5 Å². The predicted octanol–water partition coefficient (Wildman–Crippen LogP) is 5.00. The minimum Gasteiger partial charge on any atom is -0.507 e. The fourth-order valence-electron chi connectivity index (χ4n) is 8.07. The highest BCUT2D eigenvalue weighted by Gasteiger charge is 2.27. The topological polar surface area (TPSA) is 186 Å². The largest absolute Gasteiger partial charge is 0.507 e. The second kappa shape index (κ2) is 19.4. The number of aromatic nitrogens is 2. The zero-order chi connectivity index (χ0) is 43.9. The molecule has 0 spiro atoms. The number of rotatable bonds is 16. The van der Waals surface area contributed by atoms with Crippen LogP contribution < -0.4 is 31.9 Å². The zero-order valence-electron chi connectivity index (χ0n) is 35.4. The number of nitrogens with zero attached hydrogens (tertiary/aromatic N) is 5. The normalized spacial score (nSPS) is 13.2. The van der Waals surface area contributed by atoms with Crippen molar-refractivity contribution in [1.82, 2.24) is 35.7 Å². The number of fused-ring (bicyclic) bond motifs is 3. The highest BCUT2D eigenvalue weighted by molar-refractivity contribution is 5.97. The summed E-state index contributed by atoms with van der Waals surface area (Å²) < 4.78 is 12.1. The fraction of sp³-hybridized carbons (Fsp3) is 0.292. The molecule has 4 N–H and O–H groups in total. The summed E-state index contributed by atoms with van der Waals surface area (Å²) in [6, 6.07) is 25.3. The third kappa shape index (κ3) is 9.91. The number of aromatic hydroxyl groups is 1. The number of carbonyl (C=O) groups is 2. The Balaban J connectivity index is 0.955. The number of phenols is 1. The average Bonchev–Trinajstić information content (AvgIpc) is 3.29. The standard InChI is InChI=1S/C48H50N8O7/c1-3-55(4-2)36-12-11-31-20-40(48(61)63-43(31)22-36)47(60)56-17-15-54(16-18-56)30-45(59)53-29-41-42(58)21-33(26-50-28-35-10-6-8-14-52-35)39-24-38-32(19-37(57)23-44(38)62-46(39)41)25-49-27-34-9-5-7-13-51-34/h5-14,19-24,49-50,58H,3-4,15-18,25-30H2,1-2H3,(H,53,59). The fourth-order valence-corrected chi connectivity index (χ4v) is 8.07. The number of carbonyl (C=O) groups excluding carboxylic acids is 2. The number of hydrogen-bond acceptors (Lipinski definition) is 13. The Morgan fingerprint density at radius 2 is 1.46 bits per heavy atom. The molecule has 1 saturated heterocycles. The number of benzene rings is 3. The second-order valence-corrected chi connectivity index (χ2v) is 15.6. The molecule has 15 nitrogen and oxygen atoms in total. The maximum atomic E-state index is 13.5. The molecule has 2 aliphatic heterocycles. The van der Waals surface area contributed by atoms with Gasteiger partial charge < -0.3 is 39.7 Å². The van der Waals surface area contributed by atoms with Crippen molar-refractivity contribution in [3.05, 3.63) is 152 Å². The van der Waals surface area contributed by atoms with Gasteiger partial charge in [-0.2, -0.15) is 0 Å². The lowest BCUT2D eigenvalue weighted by molar-refractivity contribution is -0.122. The smallest absolute Gasteiger partial charge is 0.349 e. The Morgan fingerprint density at radius 3 is 2.13 bits per heavy atom. The molecule has 0 unspecified atom stereocenters. The van der Waals surface area contributed by atoms with Crippen LogP contribution in [0.2, 0.25) is 0 Å². The van der Waals surface area contributed by atoms with Crippen LogP contribution in [0.3, 0.4) is 0 Å². The molecule has 5 aromatic rings. The van der Waals surface area contributed by atoms with E-state index in [1.807, 2.05) is 65.6 Å². The van der Waals surface area contributed by atoms with Gasteiger partial charge in [-0.3, -0.25) is 29.3 Å². The van der Waals surface area contributed by atoms with Crippen LogP contribution in [-0.4, -0.2) is 82.5 Å². The van der Waals surface area contributed by atoms with Crippen LogP contribution in [0.1, 0.15) is 52.3 Å². The summed E-state index contributed by atoms with van der Waals surface area (Å²) in [6.07, 6.45) is 3.47. The lowest BCUT2D eigenvalue weighted by Gasteiger charge is -2.34. The minimum atomic E-state index is -0.683. The van der Waals surface area contributed by atoms with Crippen LogP contribution in [0.15, 0.2) is 116 Å². The average molecular weight is 851 g/mol. The lowest BCUT2D eigenvalue weighted by Crippen LogP contribution is -2.51. The summed E-state index contributed by atoms with van der Waals surface area (Å²) in [5.41, 5.74) is 5.14. The Labute approximate surface area is 363 Å². The number of amides is 2. The first-order chi connectivity index (χ1) is 30.7. The summed E-state index contributed by atoms with van der Waals surface area (Å²) in [5, 5.41) is 22.6. The van der Waals surface area contributed by atoms with Crippen LogP contribution in [-0.2, 0) is 37.5 Å². The van der Waals surface area contributed by atoms with Crippen molar-refractivity contribution >= 4 is 39.4 Å². The summed E-state index contributed by atoms with van der Waals surface area (Å²) in [6.45, 7) is 8.98. The molecule has 15 heteroatoms. The third-order valence-electron chi connectivity index (χ3n) is 11.4. The van der Waals surface area contributed by atoms with Gasteiger partial charge in [-0.1, -0.05) is 12.1 Å². The van der Waals surface area contributed by atoms with E-state index in [0.29, 0.717) is 85.6 Å². The van der Waals surface area contributed by atoms with Gasteiger partial charge in [-0.25, -0.2) is 4.79 Å². The molecule has 1 fully saturated rings. The summed E-state index contributed by atoms with van der Waals surface area (Å²) >= 11 is 0. The van der Waals surface area contributed by atoms with E-state index in [0.717, 1.165) is 46.9 Å². The Hall–Kier alpha value is -6.94. The highest BCUT2D eigenvalue weighted by Crippen LogP contribution is 2.37. The number of phenolic OH excluding ortho intramolecular Hbond substituents is 1. The molecular formula is C48H50N8O7. The van der Waals surface area contributed by atoms with Crippen LogP contribution in [0.25, 0.3) is 33.3 Å². The predicted molar refractivity (Wildman–Crippen MR) is 241 cm³/mol. The third-order valence-corrected chi connectivity index (χ3v) is 11.4. The van der Waals surface area contributed by atoms with Crippen molar-refractivity contribution in [1.29, 1.82) is 0 Å². The Morgan fingerprint density at radius 1 is 0.762 bits per heavy atom. The second-order valence-electron chi connectivity index (χ2n) is 15.6. The van der Waals surface area contributed by atoms with Gasteiger partial charge in [-0.15, -0.1) is 0 Å². The molecule has 3 aromatic heterocycles. The van der Waals surface area contributed by atoms with Crippen molar-refractivity contribution in [2.45, 2.75) is 46.6 Å². The van der Waals surface area contributed by atoms with Crippen LogP contribution in [0.4, 0.5) is 5.69 Å². The van der Waals surface area contributed by atoms with Gasteiger partial charge in [0, 0.05) is 112 Å². The number of pyridine rings is 2. The monoisotopic (exact) mass is 850 g/mol. The van der Waals surface area contributed by atoms with Crippen molar-refractivity contribution in [2.24, 2.45) is 0 Å². The lowest BCUT2D eigenvalue weighted by atomic mass is 9.97. The Bertz CT molecular complexity index is 2820. The van der Waals surface area contributed by atoms with Crippen LogP contribution >= 0.6 is 0 Å². The maximum absolute atomic E-state index is 13.5. The quantitative estimate of drug-likeness (QED) is 0.0753. The van der Waals surface area contributed by atoms with Gasteiger partial charge in [-0.05, 0) is 85.6 Å². The number of piperazine rings is 1. The molecular weight excluding hydrogens is 801 g/mol. The van der Waals surface area contributed by atoms with Crippen molar-refractivity contribution in [3.8, 4) is 17.1 Å². The van der Waals surface area contributed by atoms with Crippen LogP contribution in [0.5, 0.6) is 5.75 Å². The zero-order valence-corrected chi connectivity index (χ0v) is 35.4. The van der Waals surface area contributed by atoms with E-state index in [4.69, 9.17) is 8.83 Å². The van der Waals surface area contributed by atoms with Crippen LogP contribution in [0, 0.1) is 0 Å². The molecule has 0 atom stereocenters.